The van der Waals surface area contributed by atoms with Gasteiger partial charge in [-0.1, -0.05) is 6.92 Å². The molecule has 0 aliphatic carbocycles. The van der Waals surface area contributed by atoms with E-state index in [1.54, 1.807) is 0 Å². The summed E-state index contributed by atoms with van der Waals surface area (Å²) in [6, 6.07) is 0. The summed E-state index contributed by atoms with van der Waals surface area (Å²) in [6.07, 6.45) is 3.81. The molecule has 3 heteroatoms. The Morgan fingerprint density at radius 3 is 2.60 bits per heavy atom. The first kappa shape index (κ1) is 12.9. The van der Waals surface area contributed by atoms with E-state index < -0.39 is 0 Å². The van der Waals surface area contributed by atoms with Crippen molar-refractivity contribution in [2.75, 3.05) is 46.4 Å². The molecule has 0 spiro atoms. The van der Waals surface area contributed by atoms with Crippen LogP contribution in [0.2, 0.25) is 0 Å². The van der Waals surface area contributed by atoms with Crippen LogP contribution in [0.3, 0.4) is 0 Å². The van der Waals surface area contributed by atoms with Gasteiger partial charge in [0.05, 0.1) is 6.61 Å². The summed E-state index contributed by atoms with van der Waals surface area (Å²) >= 11 is 0. The minimum absolute atomic E-state index is 0.891. The van der Waals surface area contributed by atoms with Gasteiger partial charge < -0.3 is 15.0 Å². The van der Waals surface area contributed by atoms with Crippen molar-refractivity contribution in [1.29, 1.82) is 0 Å². The number of piperidine rings is 1. The highest BCUT2D eigenvalue weighted by Crippen LogP contribution is 2.15. The summed E-state index contributed by atoms with van der Waals surface area (Å²) in [5.74, 6) is 0.891. The van der Waals surface area contributed by atoms with Crippen LogP contribution in [0.4, 0.5) is 0 Å². The van der Waals surface area contributed by atoms with Crippen LogP contribution in [0.5, 0.6) is 0 Å². The highest BCUT2D eigenvalue weighted by Gasteiger charge is 2.17. The quantitative estimate of drug-likeness (QED) is 0.647. The third-order valence-electron chi connectivity index (χ3n) is 3.10. The average molecular weight is 214 g/mol. The van der Waals surface area contributed by atoms with Gasteiger partial charge in [0.2, 0.25) is 0 Å². The molecule has 0 unspecified atom stereocenters. The molecule has 1 rings (SSSR count). The Labute approximate surface area is 94.2 Å². The molecular weight excluding hydrogens is 188 g/mol. The number of rotatable bonds is 7. The van der Waals surface area contributed by atoms with Gasteiger partial charge in [0.15, 0.2) is 0 Å². The van der Waals surface area contributed by atoms with Crippen LogP contribution in [0.25, 0.3) is 0 Å². The Hall–Kier alpha value is -0.120. The van der Waals surface area contributed by atoms with Crippen molar-refractivity contribution < 1.29 is 4.74 Å². The van der Waals surface area contributed by atoms with Crippen LogP contribution in [0, 0.1) is 5.92 Å². The smallest absolute Gasteiger partial charge is 0.0593 e. The number of hydrogen-bond donors (Lipinski definition) is 1. The Morgan fingerprint density at radius 2 is 2.00 bits per heavy atom. The Morgan fingerprint density at radius 1 is 1.27 bits per heavy atom. The molecule has 0 radical (unpaired) electrons. The van der Waals surface area contributed by atoms with Crippen LogP contribution in [-0.4, -0.2) is 51.3 Å². The minimum Gasteiger partial charge on any atom is -0.380 e. The highest BCUT2D eigenvalue weighted by molar-refractivity contribution is 4.73. The molecule has 0 aromatic rings. The Bertz CT molecular complexity index is 142. The van der Waals surface area contributed by atoms with Crippen LogP contribution < -0.4 is 5.32 Å². The van der Waals surface area contributed by atoms with Gasteiger partial charge in [-0.05, 0) is 51.9 Å². The summed E-state index contributed by atoms with van der Waals surface area (Å²) < 4.78 is 5.51. The molecule has 3 nitrogen and oxygen atoms in total. The van der Waals surface area contributed by atoms with Crippen LogP contribution >= 0.6 is 0 Å². The average Bonchev–Trinajstić information content (AvgIpc) is 2.27. The second kappa shape index (κ2) is 8.08. The van der Waals surface area contributed by atoms with Crippen molar-refractivity contribution >= 4 is 0 Å². The molecule has 1 aliphatic rings. The molecule has 0 saturated carbocycles. The highest BCUT2D eigenvalue weighted by atomic mass is 16.5. The van der Waals surface area contributed by atoms with Gasteiger partial charge in [0.1, 0.15) is 0 Å². The lowest BCUT2D eigenvalue weighted by Gasteiger charge is -2.31. The largest absolute Gasteiger partial charge is 0.380 e. The van der Waals surface area contributed by atoms with Crippen LogP contribution in [0.1, 0.15) is 26.2 Å². The van der Waals surface area contributed by atoms with Gasteiger partial charge in [-0.3, -0.25) is 0 Å². The summed E-state index contributed by atoms with van der Waals surface area (Å²) in [6.45, 7) is 8.78. The monoisotopic (exact) mass is 214 g/mol. The minimum atomic E-state index is 0.891. The number of hydrogen-bond acceptors (Lipinski definition) is 3. The predicted molar refractivity (Wildman–Crippen MR) is 64.2 cm³/mol. The van der Waals surface area contributed by atoms with E-state index >= 15 is 0 Å². The second-order valence-corrected chi connectivity index (χ2v) is 4.46. The molecule has 1 heterocycles. The van der Waals surface area contributed by atoms with E-state index in [1.165, 1.54) is 32.5 Å². The maximum Gasteiger partial charge on any atom is 0.0593 e. The number of likely N-dealkylation sites (tertiary alicyclic amines) is 1. The lowest BCUT2D eigenvalue weighted by atomic mass is 9.97. The number of nitrogens with one attached hydrogen (secondary N) is 1. The molecular formula is C12H26N2O. The fourth-order valence-electron chi connectivity index (χ4n) is 2.14. The van der Waals surface area contributed by atoms with Gasteiger partial charge in [0, 0.05) is 13.2 Å². The fourth-order valence-corrected chi connectivity index (χ4v) is 2.14. The van der Waals surface area contributed by atoms with Crippen molar-refractivity contribution in [3.8, 4) is 0 Å². The molecule has 0 aromatic carbocycles. The number of ether oxygens (including phenoxy) is 1. The van der Waals surface area contributed by atoms with E-state index in [0.29, 0.717) is 0 Å². The van der Waals surface area contributed by atoms with E-state index in [-0.39, 0.29) is 0 Å². The summed E-state index contributed by atoms with van der Waals surface area (Å²) in [5.41, 5.74) is 0. The van der Waals surface area contributed by atoms with E-state index in [0.717, 1.165) is 32.1 Å². The van der Waals surface area contributed by atoms with Gasteiger partial charge in [-0.15, -0.1) is 0 Å². The molecule has 0 atom stereocenters. The van der Waals surface area contributed by atoms with Crippen molar-refractivity contribution in [2.24, 2.45) is 5.92 Å². The molecule has 0 bridgehead atoms. The van der Waals surface area contributed by atoms with Gasteiger partial charge in [-0.2, -0.15) is 0 Å². The lowest BCUT2D eigenvalue weighted by molar-refractivity contribution is 0.0888. The zero-order valence-corrected chi connectivity index (χ0v) is 10.3. The molecule has 0 amide bonds. The molecule has 1 saturated heterocycles. The molecule has 0 aromatic heterocycles. The van der Waals surface area contributed by atoms with Gasteiger partial charge in [0.25, 0.3) is 0 Å². The first-order valence-electron chi connectivity index (χ1n) is 6.31. The normalized spacial score (nSPS) is 19.6. The summed E-state index contributed by atoms with van der Waals surface area (Å²) in [7, 11) is 2.05. The van der Waals surface area contributed by atoms with Crippen molar-refractivity contribution in [3.63, 3.8) is 0 Å². The third-order valence-corrected chi connectivity index (χ3v) is 3.10. The van der Waals surface area contributed by atoms with Crippen LogP contribution in [-0.2, 0) is 4.74 Å². The fraction of sp³-hybridized carbons (Fsp3) is 1.00. The molecule has 1 aliphatic heterocycles. The summed E-state index contributed by atoms with van der Waals surface area (Å²) in [4.78, 5) is 2.53. The Balaban J connectivity index is 1.99. The first-order valence-corrected chi connectivity index (χ1v) is 6.31. The van der Waals surface area contributed by atoms with Crippen LogP contribution in [0.15, 0.2) is 0 Å². The van der Waals surface area contributed by atoms with Gasteiger partial charge >= 0.3 is 0 Å². The van der Waals surface area contributed by atoms with Crippen molar-refractivity contribution in [1.82, 2.24) is 10.2 Å². The van der Waals surface area contributed by atoms with E-state index in [4.69, 9.17) is 4.74 Å². The Kier molecular flexibility index (Phi) is 6.98. The maximum absolute atomic E-state index is 5.51. The topological polar surface area (TPSA) is 24.5 Å². The molecule has 1 fully saturated rings. The number of nitrogens with zero attached hydrogens (tertiary/aromatic N) is 1. The lowest BCUT2D eigenvalue weighted by Crippen LogP contribution is -2.38. The standard InChI is InChI=1S/C12H26N2O/c1-3-9-15-10-8-14-6-4-12(5-7-14)11-13-2/h12-13H,3-11H2,1-2H3. The second-order valence-electron chi connectivity index (χ2n) is 4.46. The maximum atomic E-state index is 5.51. The van der Waals surface area contributed by atoms with E-state index in [9.17, 15) is 0 Å². The van der Waals surface area contributed by atoms with Crippen molar-refractivity contribution in [3.05, 3.63) is 0 Å². The van der Waals surface area contributed by atoms with E-state index in [2.05, 4.69) is 17.1 Å². The zero-order chi connectivity index (χ0) is 10.9. The van der Waals surface area contributed by atoms with Gasteiger partial charge in [-0.25, -0.2) is 0 Å². The predicted octanol–water partition coefficient (Wildman–Crippen LogP) is 1.34. The first-order chi connectivity index (χ1) is 7.36. The van der Waals surface area contributed by atoms with Crippen molar-refractivity contribution in [2.45, 2.75) is 26.2 Å². The molecule has 90 valence electrons. The third kappa shape index (κ3) is 5.50. The molecule has 1 N–H and O–H groups in total. The summed E-state index contributed by atoms with van der Waals surface area (Å²) in [5, 5.41) is 3.27. The van der Waals surface area contributed by atoms with E-state index in [1.807, 2.05) is 7.05 Å². The SMILES string of the molecule is CCCOCCN1CCC(CNC)CC1. The zero-order valence-electron chi connectivity index (χ0n) is 10.3. The molecule has 15 heavy (non-hydrogen) atoms.